The monoisotopic (exact) mass is 542 g/mol. The summed E-state index contributed by atoms with van der Waals surface area (Å²) < 4.78 is 36.7. The number of fused-ring (bicyclic) bond motifs is 2. The predicted octanol–water partition coefficient (Wildman–Crippen LogP) is 2.16. The molecule has 2 aromatic heterocycles. The molecule has 1 fully saturated rings. The molecule has 39 heavy (non-hydrogen) atoms. The number of methoxy groups -OCH3 is 1. The molecule has 3 aromatic rings. The van der Waals surface area contributed by atoms with E-state index in [4.69, 9.17) is 18.9 Å². The molecule has 208 valence electrons. The van der Waals surface area contributed by atoms with Crippen molar-refractivity contribution >= 4 is 22.8 Å². The lowest BCUT2D eigenvalue weighted by Gasteiger charge is -2.26. The summed E-state index contributed by atoms with van der Waals surface area (Å²) in [5.41, 5.74) is 2.07. The van der Waals surface area contributed by atoms with Crippen molar-refractivity contribution in [2.75, 3.05) is 58.0 Å². The van der Waals surface area contributed by atoms with Crippen LogP contribution in [0.5, 0.6) is 17.4 Å². The molecule has 11 nitrogen and oxygen atoms in total. The Kier molecular flexibility index (Phi) is 8.24. The number of hydrogen-bond donors (Lipinski definition) is 2. The van der Waals surface area contributed by atoms with Crippen molar-refractivity contribution in [2.24, 2.45) is 0 Å². The van der Waals surface area contributed by atoms with E-state index >= 15 is 0 Å². The number of rotatable bonds is 11. The summed E-state index contributed by atoms with van der Waals surface area (Å²) in [4.78, 5) is 24.6. The molecule has 2 N–H and O–H groups in total. The van der Waals surface area contributed by atoms with Gasteiger partial charge in [0.1, 0.15) is 25.1 Å². The van der Waals surface area contributed by atoms with Crippen molar-refractivity contribution < 1.29 is 38.3 Å². The van der Waals surface area contributed by atoms with Crippen LogP contribution in [0, 0.1) is 5.82 Å². The first-order chi connectivity index (χ1) is 18.9. The number of aryl methyl sites for hydroxylation is 1. The number of hydrogen-bond acceptors (Lipinski definition) is 10. The van der Waals surface area contributed by atoms with Crippen LogP contribution in [0.1, 0.15) is 12.0 Å². The molecule has 0 saturated carbocycles. The van der Waals surface area contributed by atoms with Crippen LogP contribution in [0.25, 0.3) is 11.0 Å². The minimum absolute atomic E-state index is 0.167. The maximum atomic E-state index is 14.7. The van der Waals surface area contributed by atoms with E-state index < -0.39 is 30.7 Å². The Hall–Kier alpha value is -3.74. The highest BCUT2D eigenvalue weighted by Gasteiger charge is 2.34. The molecule has 12 heteroatoms. The zero-order chi connectivity index (χ0) is 27.4. The van der Waals surface area contributed by atoms with Crippen LogP contribution in [-0.4, -0.2) is 96.5 Å². The average molecular weight is 543 g/mol. The largest absolute Gasteiger partial charge is 0.486 e. The lowest BCUT2D eigenvalue weighted by Crippen LogP contribution is -2.41. The van der Waals surface area contributed by atoms with Gasteiger partial charge in [-0.1, -0.05) is 0 Å². The minimum atomic E-state index is -0.972. The standard InChI is InChI=1S/C27H31FN4O7/c1-36-25-7-5-22-26(30-25)20(21(28)12-29-22)3-2-8-31(13-18(34)16-33)14-19-15-32(27(35)39-19)17-4-6-23-24(11-17)38-10-9-37-23/h4-7,11-12,18-19,33-34H,2-3,8-10,13-16H2,1H3/t18-,19+/m0/s1. The molecule has 2 aliphatic rings. The molecule has 1 amide bonds. The van der Waals surface area contributed by atoms with Crippen molar-refractivity contribution in [3.05, 3.63) is 47.9 Å². The van der Waals surface area contributed by atoms with Crippen LogP contribution in [0.4, 0.5) is 14.9 Å². The number of aliphatic hydroxyl groups excluding tert-OH is 2. The van der Waals surface area contributed by atoms with E-state index in [1.54, 1.807) is 30.3 Å². The number of pyridine rings is 2. The first-order valence-corrected chi connectivity index (χ1v) is 12.8. The summed E-state index contributed by atoms with van der Waals surface area (Å²) in [6.07, 6.45) is 0.152. The second-order valence-corrected chi connectivity index (χ2v) is 9.45. The first-order valence-electron chi connectivity index (χ1n) is 12.8. The molecule has 1 aromatic carbocycles. The predicted molar refractivity (Wildman–Crippen MR) is 139 cm³/mol. The molecule has 0 radical (unpaired) electrons. The molecule has 0 spiro atoms. The van der Waals surface area contributed by atoms with E-state index in [9.17, 15) is 19.4 Å². The summed E-state index contributed by atoms with van der Waals surface area (Å²) in [5.74, 6) is 1.12. The van der Waals surface area contributed by atoms with Gasteiger partial charge in [-0.15, -0.1) is 0 Å². The van der Waals surface area contributed by atoms with Crippen molar-refractivity contribution in [1.29, 1.82) is 0 Å². The summed E-state index contributed by atoms with van der Waals surface area (Å²) in [5, 5.41) is 19.5. The lowest BCUT2D eigenvalue weighted by atomic mass is 10.1. The van der Waals surface area contributed by atoms with Gasteiger partial charge in [0, 0.05) is 30.8 Å². The van der Waals surface area contributed by atoms with Crippen LogP contribution in [-0.2, 0) is 11.2 Å². The fraction of sp³-hybridized carbons (Fsp3) is 0.444. The molecular formula is C27H31FN4O7. The smallest absolute Gasteiger partial charge is 0.414 e. The summed E-state index contributed by atoms with van der Waals surface area (Å²) >= 11 is 0. The third kappa shape index (κ3) is 6.13. The molecule has 1 saturated heterocycles. The van der Waals surface area contributed by atoms with Crippen molar-refractivity contribution in [2.45, 2.75) is 25.0 Å². The van der Waals surface area contributed by atoms with Crippen molar-refractivity contribution in [1.82, 2.24) is 14.9 Å². The number of cyclic esters (lactones) is 1. The quantitative estimate of drug-likeness (QED) is 0.372. The highest BCUT2D eigenvalue weighted by atomic mass is 19.1. The van der Waals surface area contributed by atoms with Crippen LogP contribution in [0.2, 0.25) is 0 Å². The SMILES string of the molecule is COc1ccc2ncc(F)c(CCCN(C[C@H](O)CO)C[C@@H]3CN(c4ccc5c(c4)OCCO5)C(=O)O3)c2n1. The summed E-state index contributed by atoms with van der Waals surface area (Å²) in [7, 11) is 1.50. The normalized spacial score (nSPS) is 17.5. The fourth-order valence-electron chi connectivity index (χ4n) is 4.84. The number of aliphatic hydroxyl groups is 2. The Morgan fingerprint density at radius 3 is 2.85 bits per heavy atom. The van der Waals surface area contributed by atoms with Gasteiger partial charge >= 0.3 is 6.09 Å². The lowest BCUT2D eigenvalue weighted by molar-refractivity contribution is 0.0423. The molecule has 0 bridgehead atoms. The van der Waals surface area contributed by atoms with Gasteiger partial charge in [-0.05, 0) is 37.6 Å². The van der Waals surface area contributed by atoms with Crippen LogP contribution >= 0.6 is 0 Å². The van der Waals surface area contributed by atoms with Crippen molar-refractivity contribution in [3.8, 4) is 17.4 Å². The van der Waals surface area contributed by atoms with Gasteiger partial charge in [0.15, 0.2) is 11.5 Å². The number of carbonyl (C=O) groups excluding carboxylic acids is 1. The van der Waals surface area contributed by atoms with Crippen molar-refractivity contribution in [3.63, 3.8) is 0 Å². The average Bonchev–Trinajstić information content (AvgIpc) is 3.32. The second-order valence-electron chi connectivity index (χ2n) is 9.45. The Labute approximate surface area is 224 Å². The second kappa shape index (κ2) is 12.0. The maximum Gasteiger partial charge on any atom is 0.414 e. The first kappa shape index (κ1) is 26.9. The van der Waals surface area contributed by atoms with Gasteiger partial charge in [0.05, 0.1) is 49.3 Å². The van der Waals surface area contributed by atoms with Crippen LogP contribution in [0.15, 0.2) is 36.5 Å². The summed E-state index contributed by atoms with van der Waals surface area (Å²) in [6.45, 7) is 1.77. The van der Waals surface area contributed by atoms with E-state index in [0.29, 0.717) is 85.4 Å². The fourth-order valence-corrected chi connectivity index (χ4v) is 4.84. The number of aromatic nitrogens is 2. The molecule has 2 atom stereocenters. The zero-order valence-electron chi connectivity index (χ0n) is 21.6. The zero-order valence-corrected chi connectivity index (χ0v) is 21.6. The number of nitrogens with zero attached hydrogens (tertiary/aromatic N) is 4. The highest BCUT2D eigenvalue weighted by molar-refractivity contribution is 5.90. The van der Waals surface area contributed by atoms with Gasteiger partial charge in [-0.3, -0.25) is 14.8 Å². The molecule has 0 unspecified atom stereocenters. The number of anilines is 1. The van der Waals surface area contributed by atoms with Gasteiger partial charge in [-0.25, -0.2) is 14.2 Å². The topological polar surface area (TPSA) is 127 Å². The number of benzene rings is 1. The number of amides is 1. The Morgan fingerprint density at radius 1 is 1.23 bits per heavy atom. The molecular weight excluding hydrogens is 511 g/mol. The van der Waals surface area contributed by atoms with E-state index in [-0.39, 0.29) is 6.54 Å². The maximum absolute atomic E-state index is 14.7. The Bertz CT molecular complexity index is 1330. The van der Waals surface area contributed by atoms with E-state index in [1.807, 2.05) is 4.90 Å². The van der Waals surface area contributed by atoms with Gasteiger partial charge in [0.2, 0.25) is 5.88 Å². The number of carbonyl (C=O) groups is 1. The minimum Gasteiger partial charge on any atom is -0.486 e. The van der Waals surface area contributed by atoms with E-state index in [1.165, 1.54) is 18.2 Å². The molecule has 5 rings (SSSR count). The Morgan fingerprint density at radius 2 is 2.05 bits per heavy atom. The van der Waals surface area contributed by atoms with E-state index in [2.05, 4.69) is 9.97 Å². The molecule has 2 aliphatic heterocycles. The van der Waals surface area contributed by atoms with Crippen LogP contribution < -0.4 is 19.1 Å². The van der Waals surface area contributed by atoms with Gasteiger partial charge < -0.3 is 29.2 Å². The third-order valence-electron chi connectivity index (χ3n) is 6.70. The van der Waals surface area contributed by atoms with Gasteiger partial charge in [-0.2, -0.15) is 0 Å². The highest BCUT2D eigenvalue weighted by Crippen LogP contribution is 2.35. The summed E-state index contributed by atoms with van der Waals surface area (Å²) in [6, 6.07) is 8.70. The van der Waals surface area contributed by atoms with Gasteiger partial charge in [0.25, 0.3) is 0 Å². The van der Waals surface area contributed by atoms with Crippen LogP contribution in [0.3, 0.4) is 0 Å². The third-order valence-corrected chi connectivity index (χ3v) is 6.70. The molecule has 4 heterocycles. The molecule has 0 aliphatic carbocycles. The Balaban J connectivity index is 1.25. The number of ether oxygens (including phenoxy) is 4. The van der Waals surface area contributed by atoms with E-state index in [0.717, 1.165) is 0 Å². The number of halogens is 1.